The normalized spacial score (nSPS) is 29.8. The maximum Gasteiger partial charge on any atom is 0.0108 e. The Labute approximate surface area is 179 Å². The van der Waals surface area contributed by atoms with E-state index in [2.05, 4.69) is 41.7 Å². The van der Waals surface area contributed by atoms with Crippen molar-refractivity contribution in [2.75, 3.05) is 118 Å². The summed E-state index contributed by atoms with van der Waals surface area (Å²) in [5.74, 6) is 0. The van der Waals surface area contributed by atoms with E-state index in [1.54, 1.807) is 0 Å². The topological polar surface area (TPSA) is 78.7 Å². The first-order chi connectivity index (χ1) is 14.4. The van der Waals surface area contributed by atoms with Gasteiger partial charge in [-0.25, -0.2) is 0 Å². The minimum atomic E-state index is 1.08. The molecule has 0 unspecified atom stereocenters. The van der Waals surface area contributed by atoms with Gasteiger partial charge in [-0.1, -0.05) is 0 Å². The molecule has 0 aromatic rings. The highest BCUT2D eigenvalue weighted by molar-refractivity contribution is 4.67. The number of fused-ring (bicyclic) bond motifs is 24. The summed E-state index contributed by atoms with van der Waals surface area (Å²) in [6, 6.07) is 0. The van der Waals surface area contributed by atoms with Crippen LogP contribution in [0.5, 0.6) is 0 Å². The molecule has 2 bridgehead atoms. The third kappa shape index (κ3) is 14.3. The largest absolute Gasteiger partial charge is 0.315 e. The highest BCUT2D eigenvalue weighted by Crippen LogP contribution is 1.90. The zero-order valence-electron chi connectivity index (χ0n) is 18.7. The van der Waals surface area contributed by atoms with Crippen molar-refractivity contribution >= 4 is 0 Å². The van der Waals surface area contributed by atoms with E-state index in [9.17, 15) is 0 Å². The Bertz CT molecular complexity index is 275. The fourth-order valence-corrected chi connectivity index (χ4v) is 3.86. The van der Waals surface area contributed by atoms with Gasteiger partial charge in [0.25, 0.3) is 0 Å². The second kappa shape index (κ2) is 18.4. The maximum atomic E-state index is 3.63. The highest BCUT2D eigenvalue weighted by atomic mass is 15.2. The van der Waals surface area contributed by atoms with Gasteiger partial charge in [-0.15, -0.1) is 0 Å². The van der Waals surface area contributed by atoms with Crippen LogP contribution in [0.4, 0.5) is 0 Å². The first-order valence-electron chi connectivity index (χ1n) is 12.1. The predicted molar refractivity (Wildman–Crippen MR) is 124 cm³/mol. The lowest BCUT2D eigenvalue weighted by molar-refractivity contribution is 0.265. The lowest BCUT2D eigenvalue weighted by atomic mass is 10.3. The van der Waals surface area contributed by atoms with Crippen LogP contribution < -0.4 is 31.9 Å². The average Bonchev–Trinajstić information content (AvgIpc) is 2.72. The summed E-state index contributed by atoms with van der Waals surface area (Å²) in [4.78, 5) is 5.18. The van der Waals surface area contributed by atoms with E-state index in [0.717, 1.165) is 118 Å². The molecule has 3 heterocycles. The van der Waals surface area contributed by atoms with Crippen LogP contribution in [0.1, 0.15) is 19.3 Å². The maximum absolute atomic E-state index is 3.63. The summed E-state index contributed by atoms with van der Waals surface area (Å²) < 4.78 is 0. The van der Waals surface area contributed by atoms with Gasteiger partial charge in [0.2, 0.25) is 0 Å². The van der Waals surface area contributed by atoms with Gasteiger partial charge in [-0.2, -0.15) is 0 Å². The van der Waals surface area contributed by atoms with Gasteiger partial charge in [0.1, 0.15) is 0 Å². The Morgan fingerprint density at radius 3 is 0.690 bits per heavy atom. The molecule has 8 heteroatoms. The van der Waals surface area contributed by atoms with E-state index in [1.165, 1.54) is 19.3 Å². The van der Waals surface area contributed by atoms with Crippen LogP contribution in [-0.2, 0) is 0 Å². The van der Waals surface area contributed by atoms with Crippen molar-refractivity contribution in [2.45, 2.75) is 19.3 Å². The quantitative estimate of drug-likeness (QED) is 0.282. The van der Waals surface area contributed by atoms with E-state index >= 15 is 0 Å². The Balaban J connectivity index is 1.86. The lowest BCUT2D eigenvalue weighted by Gasteiger charge is -2.24. The summed E-state index contributed by atoms with van der Waals surface area (Å²) in [6.07, 6.45) is 3.60. The summed E-state index contributed by atoms with van der Waals surface area (Å²) >= 11 is 0. The summed E-state index contributed by atoms with van der Waals surface area (Å²) in [7, 11) is 0. The van der Waals surface area contributed by atoms with Gasteiger partial charge in [-0.3, -0.25) is 9.80 Å². The molecule has 0 spiro atoms. The van der Waals surface area contributed by atoms with Gasteiger partial charge in [0.05, 0.1) is 0 Å². The number of hydrogen-bond acceptors (Lipinski definition) is 8. The Hall–Kier alpha value is -0.320. The average molecular weight is 413 g/mol. The van der Waals surface area contributed by atoms with Crippen LogP contribution in [0, 0.1) is 0 Å². The van der Waals surface area contributed by atoms with E-state index in [1.807, 2.05) is 0 Å². The van der Waals surface area contributed by atoms with Crippen LogP contribution in [0.15, 0.2) is 0 Å². The molecule has 3 fully saturated rings. The van der Waals surface area contributed by atoms with Gasteiger partial charge in [0.15, 0.2) is 0 Å². The Morgan fingerprint density at radius 2 is 0.483 bits per heavy atom. The second-order valence-corrected chi connectivity index (χ2v) is 8.24. The molecule has 0 saturated carbocycles. The van der Waals surface area contributed by atoms with Crippen LogP contribution in [0.2, 0.25) is 0 Å². The molecule has 3 aliphatic heterocycles. The third-order valence-electron chi connectivity index (χ3n) is 5.75. The van der Waals surface area contributed by atoms with Crippen LogP contribution in [0.25, 0.3) is 0 Å². The van der Waals surface area contributed by atoms with Gasteiger partial charge >= 0.3 is 0 Å². The van der Waals surface area contributed by atoms with Gasteiger partial charge < -0.3 is 31.9 Å². The van der Waals surface area contributed by atoms with Crippen LogP contribution in [0.3, 0.4) is 0 Å². The second-order valence-electron chi connectivity index (χ2n) is 8.24. The minimum absolute atomic E-state index is 1.08. The minimum Gasteiger partial charge on any atom is -0.315 e. The number of rotatable bonds is 0. The number of nitrogens with zero attached hydrogens (tertiary/aromatic N) is 2. The molecule has 6 N–H and O–H groups in total. The summed E-state index contributed by atoms with van der Waals surface area (Å²) in [5.41, 5.74) is 0. The van der Waals surface area contributed by atoms with Crippen LogP contribution in [-0.4, -0.2) is 128 Å². The molecule has 3 rings (SSSR count). The van der Waals surface area contributed by atoms with Gasteiger partial charge in [0, 0.05) is 78.5 Å². The zero-order chi connectivity index (χ0) is 20.2. The Kier molecular flexibility index (Phi) is 15.9. The lowest BCUT2D eigenvalue weighted by Crippen LogP contribution is -2.43. The summed E-state index contributed by atoms with van der Waals surface area (Å²) in [6.45, 7) is 19.9. The van der Waals surface area contributed by atoms with Crippen molar-refractivity contribution in [1.82, 2.24) is 41.7 Å². The molecule has 0 atom stereocenters. The van der Waals surface area contributed by atoms with E-state index in [-0.39, 0.29) is 0 Å². The SMILES string of the molecule is C1CNCCN2CCNCCCNCCN(CCNC1)CCNCCCNCC2. The first-order valence-corrected chi connectivity index (χ1v) is 12.1. The smallest absolute Gasteiger partial charge is 0.0108 e. The van der Waals surface area contributed by atoms with Crippen molar-refractivity contribution in [3.8, 4) is 0 Å². The predicted octanol–water partition coefficient (Wildman–Crippen LogP) is -1.67. The molecule has 0 amide bonds. The summed E-state index contributed by atoms with van der Waals surface area (Å²) in [5, 5.41) is 21.8. The fraction of sp³-hybridized carbons (Fsp3) is 1.00. The highest BCUT2D eigenvalue weighted by Gasteiger charge is 2.06. The first kappa shape index (κ1) is 24.9. The van der Waals surface area contributed by atoms with Crippen molar-refractivity contribution in [2.24, 2.45) is 0 Å². The molecule has 0 aromatic heterocycles. The van der Waals surface area contributed by atoms with E-state index in [0.29, 0.717) is 0 Å². The molecule has 0 aromatic carbocycles. The van der Waals surface area contributed by atoms with Crippen molar-refractivity contribution < 1.29 is 0 Å². The molecule has 3 aliphatic rings. The molecule has 0 aliphatic carbocycles. The standard InChI is InChI=1S/C21H48N8/c1-4-22-10-16-28-18-12-24-6-2-7-25-13-19-29(17-11-23-5-1)21-15-27-9-3-8-26-14-20-28/h22-27H,1-21H2. The van der Waals surface area contributed by atoms with Crippen molar-refractivity contribution in [3.63, 3.8) is 0 Å². The van der Waals surface area contributed by atoms with Crippen LogP contribution >= 0.6 is 0 Å². The third-order valence-corrected chi connectivity index (χ3v) is 5.75. The number of nitrogens with one attached hydrogen (secondary N) is 6. The van der Waals surface area contributed by atoms with E-state index < -0.39 is 0 Å². The fourth-order valence-electron chi connectivity index (χ4n) is 3.86. The van der Waals surface area contributed by atoms with Crippen molar-refractivity contribution in [1.29, 1.82) is 0 Å². The van der Waals surface area contributed by atoms with Gasteiger partial charge in [-0.05, 0) is 58.5 Å². The molecule has 3 saturated heterocycles. The molecule has 172 valence electrons. The molecular formula is C21H48N8. The van der Waals surface area contributed by atoms with Crippen molar-refractivity contribution in [3.05, 3.63) is 0 Å². The molecular weight excluding hydrogens is 364 g/mol. The molecule has 0 radical (unpaired) electrons. The Morgan fingerprint density at radius 1 is 0.276 bits per heavy atom. The monoisotopic (exact) mass is 412 g/mol. The zero-order valence-corrected chi connectivity index (χ0v) is 18.7. The van der Waals surface area contributed by atoms with E-state index in [4.69, 9.17) is 0 Å². The molecule has 8 nitrogen and oxygen atoms in total. The molecule has 29 heavy (non-hydrogen) atoms. The number of hydrogen-bond donors (Lipinski definition) is 6.